The molecule has 28 heavy (non-hydrogen) atoms. The molecule has 0 aromatic heterocycles. The minimum Gasteiger partial charge on any atom is -0.463 e. The quantitative estimate of drug-likeness (QED) is 0.652. The summed E-state index contributed by atoms with van der Waals surface area (Å²) in [6.45, 7) is -0.0516. The summed E-state index contributed by atoms with van der Waals surface area (Å²) in [6.07, 6.45) is 0.407. The number of amides is 2. The molecule has 0 spiro atoms. The monoisotopic (exact) mass is 398 g/mol. The number of rotatable bonds is 8. The zero-order valence-corrected chi connectivity index (χ0v) is 15.3. The number of urea groups is 1. The Labute approximate surface area is 159 Å². The van der Waals surface area contributed by atoms with E-state index in [1.807, 2.05) is 0 Å². The maximum Gasteiger partial charge on any atom is 0.387 e. The molecule has 0 fully saturated rings. The average Bonchev–Trinajstić information content (AvgIpc) is 2.65. The van der Waals surface area contributed by atoms with Gasteiger partial charge in [0.1, 0.15) is 17.9 Å². The fraction of sp³-hybridized carbons (Fsp3) is 0.389. The number of hydrogen-bond donors (Lipinski definition) is 2. The zero-order chi connectivity index (χ0) is 20.7. The fourth-order valence-electron chi connectivity index (χ4n) is 2.63. The normalized spacial score (nSPS) is 16.3. The van der Waals surface area contributed by atoms with Gasteiger partial charge < -0.3 is 24.8 Å². The van der Waals surface area contributed by atoms with Gasteiger partial charge in [0.05, 0.1) is 23.9 Å². The van der Waals surface area contributed by atoms with Gasteiger partial charge in [0.2, 0.25) is 0 Å². The lowest BCUT2D eigenvalue weighted by Crippen LogP contribution is -2.51. The molecular weight excluding hydrogens is 378 g/mol. The smallest absolute Gasteiger partial charge is 0.387 e. The third kappa shape index (κ3) is 5.18. The van der Waals surface area contributed by atoms with Crippen LogP contribution >= 0.6 is 0 Å². The van der Waals surface area contributed by atoms with Crippen molar-refractivity contribution >= 4 is 18.0 Å². The van der Waals surface area contributed by atoms with Gasteiger partial charge in [0.15, 0.2) is 0 Å². The summed E-state index contributed by atoms with van der Waals surface area (Å²) < 4.78 is 39.4. The third-order valence-corrected chi connectivity index (χ3v) is 3.82. The van der Waals surface area contributed by atoms with Crippen LogP contribution in [0.1, 0.15) is 30.6 Å². The van der Waals surface area contributed by atoms with Crippen molar-refractivity contribution in [3.05, 3.63) is 41.1 Å². The molecule has 2 amide bonds. The Bertz CT molecular complexity index is 781. The standard InChI is InChI=1S/C18H20F2N2O6/c1-3-11-14(16(24)26-4-2)12(22-18(25)21-11)9-27-15(23)10-7-5-6-8-13(10)28-17(19)20/h5-8,11,17H,3-4,9H2,1-2H3,(H2,21,22,25)/t11-/m1/s1. The summed E-state index contributed by atoms with van der Waals surface area (Å²) >= 11 is 0. The Balaban J connectivity index is 2.23. The van der Waals surface area contributed by atoms with Gasteiger partial charge in [-0.2, -0.15) is 8.78 Å². The molecule has 1 aromatic rings. The van der Waals surface area contributed by atoms with Crippen molar-refractivity contribution in [1.82, 2.24) is 10.6 Å². The third-order valence-electron chi connectivity index (χ3n) is 3.82. The van der Waals surface area contributed by atoms with Crippen LogP contribution in [0.2, 0.25) is 0 Å². The topological polar surface area (TPSA) is 103 Å². The average molecular weight is 398 g/mol. The highest BCUT2D eigenvalue weighted by Gasteiger charge is 2.32. The number of benzene rings is 1. The molecule has 0 saturated carbocycles. The highest BCUT2D eigenvalue weighted by Crippen LogP contribution is 2.22. The number of alkyl halides is 2. The van der Waals surface area contributed by atoms with Crippen molar-refractivity contribution in [2.75, 3.05) is 13.2 Å². The summed E-state index contributed by atoms with van der Waals surface area (Å²) in [5, 5.41) is 5.01. The summed E-state index contributed by atoms with van der Waals surface area (Å²) in [7, 11) is 0. The first kappa shape index (κ1) is 21.1. The predicted octanol–water partition coefficient (Wildman–Crippen LogP) is 2.35. The predicted molar refractivity (Wildman–Crippen MR) is 92.8 cm³/mol. The van der Waals surface area contributed by atoms with Crippen LogP contribution in [0.5, 0.6) is 5.75 Å². The molecule has 2 N–H and O–H groups in total. The van der Waals surface area contributed by atoms with Crippen molar-refractivity contribution in [2.24, 2.45) is 0 Å². The van der Waals surface area contributed by atoms with Crippen molar-refractivity contribution in [1.29, 1.82) is 0 Å². The Kier molecular flexibility index (Phi) is 7.30. The molecular formula is C18H20F2N2O6. The Morgan fingerprint density at radius 2 is 1.86 bits per heavy atom. The highest BCUT2D eigenvalue weighted by atomic mass is 19.3. The minimum absolute atomic E-state index is 0.0645. The van der Waals surface area contributed by atoms with Crippen LogP contribution in [0.3, 0.4) is 0 Å². The van der Waals surface area contributed by atoms with Crippen LogP contribution in [0.15, 0.2) is 35.5 Å². The zero-order valence-electron chi connectivity index (χ0n) is 15.3. The first-order chi connectivity index (χ1) is 13.4. The van der Waals surface area contributed by atoms with Gasteiger partial charge in [0.25, 0.3) is 0 Å². The maximum absolute atomic E-state index is 12.5. The second-order valence-corrected chi connectivity index (χ2v) is 5.62. The molecule has 0 radical (unpaired) electrons. The molecule has 0 saturated heterocycles. The largest absolute Gasteiger partial charge is 0.463 e. The molecule has 8 nitrogen and oxygen atoms in total. The summed E-state index contributed by atoms with van der Waals surface area (Å²) in [6, 6.07) is 4.16. The lowest BCUT2D eigenvalue weighted by atomic mass is 10.0. The van der Waals surface area contributed by atoms with Crippen molar-refractivity contribution in [3.8, 4) is 5.75 Å². The van der Waals surface area contributed by atoms with E-state index in [9.17, 15) is 23.2 Å². The van der Waals surface area contributed by atoms with Crippen LogP contribution in [0.25, 0.3) is 0 Å². The van der Waals surface area contributed by atoms with Gasteiger partial charge >= 0.3 is 24.6 Å². The van der Waals surface area contributed by atoms with E-state index in [1.54, 1.807) is 13.8 Å². The minimum atomic E-state index is -3.11. The first-order valence-electron chi connectivity index (χ1n) is 8.55. The fourth-order valence-corrected chi connectivity index (χ4v) is 2.63. The molecule has 1 aliphatic rings. The number of halogens is 2. The van der Waals surface area contributed by atoms with Gasteiger partial charge in [-0.15, -0.1) is 0 Å². The molecule has 0 aliphatic carbocycles. The molecule has 10 heteroatoms. The molecule has 1 aromatic carbocycles. The lowest BCUT2D eigenvalue weighted by molar-refractivity contribution is -0.139. The van der Waals surface area contributed by atoms with E-state index >= 15 is 0 Å². The molecule has 1 atom stereocenters. The van der Waals surface area contributed by atoms with Crippen LogP contribution in [0, 0.1) is 0 Å². The van der Waals surface area contributed by atoms with Crippen LogP contribution in [0.4, 0.5) is 13.6 Å². The van der Waals surface area contributed by atoms with Gasteiger partial charge in [-0.3, -0.25) is 0 Å². The maximum atomic E-state index is 12.5. The number of para-hydroxylation sites is 1. The summed E-state index contributed by atoms with van der Waals surface area (Å²) in [5.74, 6) is -1.95. The van der Waals surface area contributed by atoms with Crippen LogP contribution in [-0.2, 0) is 14.3 Å². The van der Waals surface area contributed by atoms with E-state index in [2.05, 4.69) is 15.4 Å². The SMILES string of the molecule is CCOC(=O)C1=C(COC(=O)c2ccccc2OC(F)F)NC(=O)N[C@@H]1CC. The molecule has 0 unspecified atom stereocenters. The van der Waals surface area contributed by atoms with Gasteiger partial charge in [-0.1, -0.05) is 19.1 Å². The van der Waals surface area contributed by atoms with Gasteiger partial charge in [0, 0.05) is 0 Å². The molecule has 152 valence electrons. The van der Waals surface area contributed by atoms with E-state index in [4.69, 9.17) is 9.47 Å². The number of carbonyl (C=O) groups is 3. The Morgan fingerprint density at radius 1 is 1.14 bits per heavy atom. The summed E-state index contributed by atoms with van der Waals surface area (Å²) in [4.78, 5) is 36.4. The van der Waals surface area contributed by atoms with Crippen LogP contribution in [-0.4, -0.2) is 43.8 Å². The number of nitrogens with one attached hydrogen (secondary N) is 2. The number of carbonyl (C=O) groups excluding carboxylic acids is 3. The molecule has 1 aliphatic heterocycles. The van der Waals surface area contributed by atoms with Crippen molar-refractivity contribution in [3.63, 3.8) is 0 Å². The van der Waals surface area contributed by atoms with Gasteiger partial charge in [-0.05, 0) is 25.5 Å². The van der Waals surface area contributed by atoms with Crippen molar-refractivity contribution in [2.45, 2.75) is 32.9 Å². The van der Waals surface area contributed by atoms with E-state index in [0.717, 1.165) is 0 Å². The molecule has 0 bridgehead atoms. The van der Waals surface area contributed by atoms with E-state index < -0.39 is 37.2 Å². The number of esters is 2. The van der Waals surface area contributed by atoms with Crippen LogP contribution < -0.4 is 15.4 Å². The molecule has 1 heterocycles. The summed E-state index contributed by atoms with van der Waals surface area (Å²) in [5.41, 5.74) is -0.0167. The second-order valence-electron chi connectivity index (χ2n) is 5.62. The highest BCUT2D eigenvalue weighted by molar-refractivity contribution is 5.95. The van der Waals surface area contributed by atoms with E-state index in [-0.39, 0.29) is 29.2 Å². The number of ether oxygens (including phenoxy) is 3. The van der Waals surface area contributed by atoms with E-state index in [0.29, 0.717) is 6.42 Å². The molecule has 2 rings (SSSR count). The van der Waals surface area contributed by atoms with Crippen molar-refractivity contribution < 1.29 is 37.4 Å². The number of hydrogen-bond acceptors (Lipinski definition) is 6. The Hall–Kier alpha value is -3.17. The first-order valence-corrected chi connectivity index (χ1v) is 8.55. The Morgan fingerprint density at radius 3 is 2.50 bits per heavy atom. The van der Waals surface area contributed by atoms with E-state index in [1.165, 1.54) is 24.3 Å². The van der Waals surface area contributed by atoms with Gasteiger partial charge in [-0.25, -0.2) is 14.4 Å². The lowest BCUT2D eigenvalue weighted by Gasteiger charge is -2.28. The second kappa shape index (κ2) is 9.67.